The van der Waals surface area contributed by atoms with Crippen molar-refractivity contribution in [1.29, 1.82) is 0 Å². The Kier molecular flexibility index (Phi) is 6.28. The SMILES string of the molecule is NN=C(C(=O)c1ccccc1Sc1ccc(Br)cc1)c1ccc(C(=O)O)cc1. The van der Waals surface area contributed by atoms with Gasteiger partial charge in [-0.25, -0.2) is 4.79 Å². The molecule has 3 aromatic rings. The van der Waals surface area contributed by atoms with Gasteiger partial charge in [-0.1, -0.05) is 52.0 Å². The molecule has 0 fully saturated rings. The Hall–Kier alpha value is -2.90. The number of carbonyl (C=O) groups excluding carboxylic acids is 1. The van der Waals surface area contributed by atoms with E-state index in [1.165, 1.54) is 36.0 Å². The molecule has 3 rings (SSSR count). The molecule has 0 amide bonds. The Morgan fingerprint density at radius 3 is 2.11 bits per heavy atom. The maximum atomic E-state index is 13.1. The van der Waals surface area contributed by atoms with Crippen molar-refractivity contribution in [3.8, 4) is 0 Å². The molecule has 3 N–H and O–H groups in total. The standard InChI is InChI=1S/C21H15BrN2O3S/c22-15-9-11-16(12-10-15)28-18-4-2-1-3-17(18)20(25)19(24-23)13-5-7-14(8-6-13)21(26)27/h1-12H,23H2,(H,26,27). The largest absolute Gasteiger partial charge is 0.478 e. The summed E-state index contributed by atoms with van der Waals surface area (Å²) < 4.78 is 0.976. The molecule has 7 heteroatoms. The molecule has 0 radical (unpaired) electrons. The van der Waals surface area contributed by atoms with Gasteiger partial charge < -0.3 is 10.9 Å². The second-order valence-corrected chi connectivity index (χ2v) is 7.77. The number of carboxylic acids is 1. The number of nitrogens with two attached hydrogens (primary N) is 1. The average molecular weight is 455 g/mol. The molecular weight excluding hydrogens is 440 g/mol. The number of ketones is 1. The molecule has 3 aromatic carbocycles. The molecule has 0 aliphatic heterocycles. The third kappa shape index (κ3) is 4.49. The summed E-state index contributed by atoms with van der Waals surface area (Å²) >= 11 is 4.87. The van der Waals surface area contributed by atoms with E-state index in [0.717, 1.165) is 14.3 Å². The number of hydrazone groups is 1. The van der Waals surface area contributed by atoms with E-state index in [-0.39, 0.29) is 17.1 Å². The van der Waals surface area contributed by atoms with E-state index in [1.54, 1.807) is 12.1 Å². The lowest BCUT2D eigenvalue weighted by Gasteiger charge is -2.10. The van der Waals surface area contributed by atoms with Gasteiger partial charge in [0.15, 0.2) is 0 Å². The van der Waals surface area contributed by atoms with Crippen LogP contribution in [0.1, 0.15) is 26.3 Å². The lowest BCUT2D eigenvalue weighted by molar-refractivity contribution is 0.0696. The van der Waals surface area contributed by atoms with Crippen LogP contribution in [0.15, 0.2) is 92.2 Å². The van der Waals surface area contributed by atoms with Gasteiger partial charge in [-0.3, -0.25) is 4.79 Å². The molecule has 0 aliphatic carbocycles. The summed E-state index contributed by atoms with van der Waals surface area (Å²) in [6.45, 7) is 0. The first-order chi connectivity index (χ1) is 13.5. The molecule has 28 heavy (non-hydrogen) atoms. The van der Waals surface area contributed by atoms with Gasteiger partial charge >= 0.3 is 5.97 Å². The maximum Gasteiger partial charge on any atom is 0.335 e. The van der Waals surface area contributed by atoms with Crippen LogP contribution in [0.25, 0.3) is 0 Å². The molecule has 5 nitrogen and oxygen atoms in total. The van der Waals surface area contributed by atoms with Gasteiger partial charge in [0.05, 0.1) is 5.56 Å². The van der Waals surface area contributed by atoms with Crippen LogP contribution in [0.2, 0.25) is 0 Å². The average Bonchev–Trinajstić information content (AvgIpc) is 2.71. The molecule has 0 saturated carbocycles. The summed E-state index contributed by atoms with van der Waals surface area (Å²) in [6.07, 6.45) is 0. The Bertz CT molecular complexity index is 1050. The molecule has 0 aliphatic rings. The molecular formula is C21H15BrN2O3S. The number of halogens is 1. The zero-order valence-corrected chi connectivity index (χ0v) is 16.9. The van der Waals surface area contributed by atoms with Crippen LogP contribution >= 0.6 is 27.7 Å². The minimum Gasteiger partial charge on any atom is -0.478 e. The number of Topliss-reactive ketones (excluding diaryl/α,β-unsaturated/α-hetero) is 1. The van der Waals surface area contributed by atoms with Crippen LogP contribution in [0.5, 0.6) is 0 Å². The highest BCUT2D eigenvalue weighted by molar-refractivity contribution is 9.10. The van der Waals surface area contributed by atoms with Crippen LogP contribution in [0.3, 0.4) is 0 Å². The predicted molar refractivity (Wildman–Crippen MR) is 113 cm³/mol. The second-order valence-electron chi connectivity index (χ2n) is 5.74. The zero-order chi connectivity index (χ0) is 20.1. The minimum atomic E-state index is -1.04. The summed E-state index contributed by atoms with van der Waals surface area (Å²) in [6, 6.07) is 20.9. The van der Waals surface area contributed by atoms with Gasteiger partial charge in [0, 0.05) is 25.4 Å². The maximum absolute atomic E-state index is 13.1. The van der Waals surface area contributed by atoms with Crippen molar-refractivity contribution >= 4 is 45.2 Å². The summed E-state index contributed by atoms with van der Waals surface area (Å²) in [7, 11) is 0. The third-order valence-electron chi connectivity index (χ3n) is 3.92. The van der Waals surface area contributed by atoms with Crippen LogP contribution in [-0.2, 0) is 0 Å². The fourth-order valence-corrected chi connectivity index (χ4v) is 3.74. The minimum absolute atomic E-state index is 0.0702. The van der Waals surface area contributed by atoms with Gasteiger partial charge in [0.2, 0.25) is 5.78 Å². The number of rotatable bonds is 6. The second kappa shape index (κ2) is 8.86. The van der Waals surface area contributed by atoms with Crippen molar-refractivity contribution in [2.24, 2.45) is 10.9 Å². The summed E-state index contributed by atoms with van der Waals surface area (Å²) in [5.74, 6) is 4.13. The first-order valence-electron chi connectivity index (χ1n) is 8.18. The highest BCUT2D eigenvalue weighted by Gasteiger charge is 2.20. The molecule has 0 unspecified atom stereocenters. The number of hydrogen-bond acceptors (Lipinski definition) is 5. The highest BCUT2D eigenvalue weighted by atomic mass is 79.9. The van der Waals surface area contributed by atoms with Crippen molar-refractivity contribution in [3.63, 3.8) is 0 Å². The molecule has 0 bridgehead atoms. The normalized spacial score (nSPS) is 11.2. The van der Waals surface area contributed by atoms with E-state index in [9.17, 15) is 9.59 Å². The third-order valence-corrected chi connectivity index (χ3v) is 5.54. The summed E-state index contributed by atoms with van der Waals surface area (Å²) in [4.78, 5) is 25.9. The van der Waals surface area contributed by atoms with Gasteiger partial charge in [-0.05, 0) is 48.5 Å². The molecule has 0 spiro atoms. The van der Waals surface area contributed by atoms with Crippen LogP contribution in [0, 0.1) is 0 Å². The fraction of sp³-hybridized carbons (Fsp3) is 0. The first kappa shape index (κ1) is 19.9. The zero-order valence-electron chi connectivity index (χ0n) is 14.5. The molecule has 0 heterocycles. The Morgan fingerprint density at radius 1 is 0.893 bits per heavy atom. The Morgan fingerprint density at radius 2 is 1.50 bits per heavy atom. The van der Waals surface area contributed by atoms with Crippen LogP contribution in [0.4, 0.5) is 0 Å². The predicted octanol–water partition coefficient (Wildman–Crippen LogP) is 4.84. The van der Waals surface area contributed by atoms with E-state index in [0.29, 0.717) is 11.1 Å². The topological polar surface area (TPSA) is 92.8 Å². The van der Waals surface area contributed by atoms with Crippen molar-refractivity contribution in [3.05, 3.63) is 94.0 Å². The molecule has 0 saturated heterocycles. The number of carboxylic acid groups (broad SMARTS) is 1. The number of nitrogens with zero attached hydrogens (tertiary/aromatic N) is 1. The van der Waals surface area contributed by atoms with Gasteiger partial charge in [0.1, 0.15) is 5.71 Å². The molecule has 140 valence electrons. The number of benzene rings is 3. The fourth-order valence-electron chi connectivity index (χ4n) is 2.54. The van der Waals surface area contributed by atoms with Crippen molar-refractivity contribution < 1.29 is 14.7 Å². The van der Waals surface area contributed by atoms with E-state index in [1.807, 2.05) is 36.4 Å². The number of aromatic carboxylic acids is 1. The van der Waals surface area contributed by atoms with Gasteiger partial charge in [0.25, 0.3) is 0 Å². The lowest BCUT2D eigenvalue weighted by Crippen LogP contribution is -2.18. The quantitative estimate of drug-likeness (QED) is 0.240. The van der Waals surface area contributed by atoms with Crippen molar-refractivity contribution in [1.82, 2.24) is 0 Å². The van der Waals surface area contributed by atoms with Crippen molar-refractivity contribution in [2.45, 2.75) is 9.79 Å². The molecule has 0 atom stereocenters. The summed E-state index contributed by atoms with van der Waals surface area (Å²) in [5.41, 5.74) is 1.13. The number of hydrogen-bond donors (Lipinski definition) is 2. The van der Waals surface area contributed by atoms with Gasteiger partial charge in [-0.15, -0.1) is 0 Å². The number of carbonyl (C=O) groups is 2. The smallest absolute Gasteiger partial charge is 0.335 e. The first-order valence-corrected chi connectivity index (χ1v) is 9.79. The lowest BCUT2D eigenvalue weighted by atomic mass is 9.99. The van der Waals surface area contributed by atoms with E-state index in [2.05, 4.69) is 21.0 Å². The Balaban J connectivity index is 1.92. The van der Waals surface area contributed by atoms with Crippen LogP contribution < -0.4 is 5.84 Å². The monoisotopic (exact) mass is 454 g/mol. The van der Waals surface area contributed by atoms with Crippen molar-refractivity contribution in [2.75, 3.05) is 0 Å². The Labute approximate surface area is 174 Å². The molecule has 0 aromatic heterocycles. The van der Waals surface area contributed by atoms with E-state index >= 15 is 0 Å². The summed E-state index contributed by atoms with van der Waals surface area (Å²) in [5, 5.41) is 12.7. The van der Waals surface area contributed by atoms with E-state index < -0.39 is 5.97 Å². The van der Waals surface area contributed by atoms with E-state index in [4.69, 9.17) is 10.9 Å². The van der Waals surface area contributed by atoms with Crippen LogP contribution in [-0.4, -0.2) is 22.6 Å². The van der Waals surface area contributed by atoms with Gasteiger partial charge in [-0.2, -0.15) is 5.10 Å². The highest BCUT2D eigenvalue weighted by Crippen LogP contribution is 2.32.